The van der Waals surface area contributed by atoms with Crippen LogP contribution in [0.5, 0.6) is 0 Å². The molecular weight excluding hydrogens is 328 g/mol. The van der Waals surface area contributed by atoms with Gasteiger partial charge in [-0.2, -0.15) is 0 Å². The molecule has 6 nitrogen and oxygen atoms in total. The van der Waals surface area contributed by atoms with Gasteiger partial charge in [0.2, 0.25) is 5.91 Å². The largest absolute Gasteiger partial charge is 0.331 e. The molecule has 3 aromatic rings. The first-order valence-electron chi connectivity index (χ1n) is 8.68. The molecule has 4 rings (SSSR count). The lowest BCUT2D eigenvalue weighted by Gasteiger charge is -2.16. The normalized spacial score (nSPS) is 14.2. The summed E-state index contributed by atoms with van der Waals surface area (Å²) in [6, 6.07) is 12.9. The molecular formula is C20H20N4O2. The maximum Gasteiger partial charge on any atom is 0.255 e. The van der Waals surface area contributed by atoms with Crippen LogP contribution in [0.25, 0.3) is 11.0 Å². The van der Waals surface area contributed by atoms with Crippen LogP contribution in [0.3, 0.4) is 0 Å². The molecule has 0 atom stereocenters. The van der Waals surface area contributed by atoms with Crippen LogP contribution >= 0.6 is 0 Å². The minimum Gasteiger partial charge on any atom is -0.331 e. The second-order valence-electron chi connectivity index (χ2n) is 6.57. The van der Waals surface area contributed by atoms with Crippen molar-refractivity contribution in [2.24, 2.45) is 7.05 Å². The molecule has 1 saturated heterocycles. The molecule has 1 aliphatic heterocycles. The number of hydrogen-bond donors (Lipinski definition) is 1. The second-order valence-corrected chi connectivity index (χ2v) is 6.57. The number of aromatic nitrogens is 2. The number of nitrogens with zero attached hydrogens (tertiary/aromatic N) is 3. The van der Waals surface area contributed by atoms with E-state index in [1.165, 1.54) is 0 Å². The fraction of sp³-hybridized carbons (Fsp3) is 0.250. The summed E-state index contributed by atoms with van der Waals surface area (Å²) in [4.78, 5) is 30.6. The van der Waals surface area contributed by atoms with E-state index in [0.717, 1.165) is 35.5 Å². The highest BCUT2D eigenvalue weighted by molar-refractivity contribution is 6.06. The van der Waals surface area contributed by atoms with Gasteiger partial charge in [-0.3, -0.25) is 9.59 Å². The van der Waals surface area contributed by atoms with Crippen molar-refractivity contribution in [3.05, 3.63) is 53.9 Å². The molecule has 26 heavy (non-hydrogen) atoms. The number of hydrogen-bond acceptors (Lipinski definition) is 3. The summed E-state index contributed by atoms with van der Waals surface area (Å²) in [7, 11) is 1.94. The molecule has 1 fully saturated rings. The molecule has 0 radical (unpaired) electrons. The summed E-state index contributed by atoms with van der Waals surface area (Å²) in [5, 5.41) is 2.91. The lowest BCUT2D eigenvalue weighted by molar-refractivity contribution is -0.117. The minimum atomic E-state index is -0.171. The summed E-state index contributed by atoms with van der Waals surface area (Å²) in [6.45, 7) is 2.70. The average molecular weight is 348 g/mol. The number of carbonyl (C=O) groups is 2. The van der Waals surface area contributed by atoms with Crippen molar-refractivity contribution < 1.29 is 9.59 Å². The summed E-state index contributed by atoms with van der Waals surface area (Å²) in [6.07, 6.45) is 1.50. The Balaban J connectivity index is 1.52. The fourth-order valence-electron chi connectivity index (χ4n) is 3.30. The molecule has 2 heterocycles. The summed E-state index contributed by atoms with van der Waals surface area (Å²) >= 11 is 0. The van der Waals surface area contributed by atoms with E-state index in [4.69, 9.17) is 0 Å². The smallest absolute Gasteiger partial charge is 0.255 e. The van der Waals surface area contributed by atoms with Crippen molar-refractivity contribution in [3.8, 4) is 0 Å². The zero-order valence-corrected chi connectivity index (χ0v) is 14.8. The van der Waals surface area contributed by atoms with E-state index in [0.29, 0.717) is 17.7 Å². The second kappa shape index (κ2) is 6.29. The molecule has 6 heteroatoms. The molecule has 1 aromatic heterocycles. The van der Waals surface area contributed by atoms with Crippen LogP contribution < -0.4 is 10.2 Å². The van der Waals surface area contributed by atoms with E-state index in [9.17, 15) is 9.59 Å². The van der Waals surface area contributed by atoms with E-state index >= 15 is 0 Å². The molecule has 2 aromatic carbocycles. The fourth-order valence-corrected chi connectivity index (χ4v) is 3.30. The number of carbonyl (C=O) groups excluding carboxylic acids is 2. The van der Waals surface area contributed by atoms with E-state index in [-0.39, 0.29) is 11.8 Å². The Morgan fingerprint density at radius 1 is 1.15 bits per heavy atom. The lowest BCUT2D eigenvalue weighted by Crippen LogP contribution is -2.23. The Morgan fingerprint density at radius 3 is 2.62 bits per heavy atom. The van der Waals surface area contributed by atoms with Crippen molar-refractivity contribution in [1.82, 2.24) is 9.55 Å². The van der Waals surface area contributed by atoms with Crippen LogP contribution in [-0.2, 0) is 11.8 Å². The molecule has 0 spiro atoms. The topological polar surface area (TPSA) is 67.2 Å². The Kier molecular flexibility index (Phi) is 3.95. The molecule has 0 unspecified atom stereocenters. The van der Waals surface area contributed by atoms with E-state index < -0.39 is 0 Å². The number of fused-ring (bicyclic) bond motifs is 1. The van der Waals surface area contributed by atoms with E-state index in [1.807, 2.05) is 54.9 Å². The Bertz CT molecular complexity index is 1000. The van der Waals surface area contributed by atoms with Crippen molar-refractivity contribution in [2.45, 2.75) is 19.8 Å². The van der Waals surface area contributed by atoms with Gasteiger partial charge in [0.1, 0.15) is 5.82 Å². The number of aryl methyl sites for hydroxylation is 2. The molecule has 132 valence electrons. The highest BCUT2D eigenvalue weighted by atomic mass is 16.2. The van der Waals surface area contributed by atoms with Gasteiger partial charge in [-0.05, 0) is 55.8 Å². The Labute approximate surface area is 151 Å². The van der Waals surface area contributed by atoms with Crippen LogP contribution in [0.15, 0.2) is 42.5 Å². The van der Waals surface area contributed by atoms with Gasteiger partial charge in [0, 0.05) is 37.0 Å². The van der Waals surface area contributed by atoms with Gasteiger partial charge < -0.3 is 14.8 Å². The molecule has 0 bridgehead atoms. The first kappa shape index (κ1) is 16.3. The van der Waals surface area contributed by atoms with Crippen molar-refractivity contribution in [3.63, 3.8) is 0 Å². The number of imidazole rings is 1. The molecule has 2 amide bonds. The highest BCUT2D eigenvalue weighted by Crippen LogP contribution is 2.23. The van der Waals surface area contributed by atoms with E-state index in [2.05, 4.69) is 10.3 Å². The number of anilines is 2. The van der Waals surface area contributed by atoms with Crippen molar-refractivity contribution >= 4 is 34.2 Å². The third-order valence-corrected chi connectivity index (χ3v) is 4.88. The third kappa shape index (κ3) is 2.83. The van der Waals surface area contributed by atoms with Crippen LogP contribution in [-0.4, -0.2) is 27.9 Å². The monoisotopic (exact) mass is 348 g/mol. The summed E-state index contributed by atoms with van der Waals surface area (Å²) < 4.78 is 1.97. The summed E-state index contributed by atoms with van der Waals surface area (Å²) in [5.41, 5.74) is 3.96. The van der Waals surface area contributed by atoms with Gasteiger partial charge in [0.15, 0.2) is 0 Å². The predicted octanol–water partition coefficient (Wildman–Crippen LogP) is 3.26. The standard InChI is InChI=1S/C20H20N4O2/c1-13-21-17-10-5-14(12-18(17)23(13)2)20(26)22-15-6-8-16(9-7-15)24-11-3-4-19(24)25/h5-10,12H,3-4,11H2,1-2H3,(H,22,26). The van der Waals surface area contributed by atoms with Crippen LogP contribution in [0.4, 0.5) is 11.4 Å². The Morgan fingerprint density at radius 2 is 1.92 bits per heavy atom. The maximum atomic E-state index is 12.6. The first-order valence-corrected chi connectivity index (χ1v) is 8.68. The molecule has 0 saturated carbocycles. The number of nitrogens with one attached hydrogen (secondary N) is 1. The minimum absolute atomic E-state index is 0.154. The molecule has 0 aliphatic carbocycles. The maximum absolute atomic E-state index is 12.6. The van der Waals surface area contributed by atoms with Crippen LogP contribution in [0.2, 0.25) is 0 Å². The average Bonchev–Trinajstić information content (AvgIpc) is 3.19. The third-order valence-electron chi connectivity index (χ3n) is 4.88. The number of rotatable bonds is 3. The van der Waals surface area contributed by atoms with Gasteiger partial charge in [-0.25, -0.2) is 4.98 Å². The highest BCUT2D eigenvalue weighted by Gasteiger charge is 2.21. The van der Waals surface area contributed by atoms with Gasteiger partial charge in [0.05, 0.1) is 11.0 Å². The number of benzene rings is 2. The van der Waals surface area contributed by atoms with Crippen LogP contribution in [0, 0.1) is 6.92 Å². The molecule has 1 aliphatic rings. The van der Waals surface area contributed by atoms with Gasteiger partial charge in [-0.1, -0.05) is 0 Å². The van der Waals surface area contributed by atoms with Crippen molar-refractivity contribution in [2.75, 3.05) is 16.8 Å². The zero-order chi connectivity index (χ0) is 18.3. The zero-order valence-electron chi connectivity index (χ0n) is 14.8. The van der Waals surface area contributed by atoms with Gasteiger partial charge in [0.25, 0.3) is 5.91 Å². The first-order chi connectivity index (χ1) is 12.5. The van der Waals surface area contributed by atoms with Crippen LogP contribution in [0.1, 0.15) is 29.0 Å². The molecule has 1 N–H and O–H groups in total. The SMILES string of the molecule is Cc1nc2ccc(C(=O)Nc3ccc(N4CCCC4=O)cc3)cc2n1C. The predicted molar refractivity (Wildman–Crippen MR) is 101 cm³/mol. The van der Waals surface area contributed by atoms with E-state index in [1.54, 1.807) is 11.0 Å². The quantitative estimate of drug-likeness (QED) is 0.790. The number of amides is 2. The lowest BCUT2D eigenvalue weighted by atomic mass is 10.1. The summed E-state index contributed by atoms with van der Waals surface area (Å²) in [5.74, 6) is 0.891. The van der Waals surface area contributed by atoms with Gasteiger partial charge >= 0.3 is 0 Å². The Hall–Kier alpha value is -3.15. The van der Waals surface area contributed by atoms with Gasteiger partial charge in [-0.15, -0.1) is 0 Å². The van der Waals surface area contributed by atoms with Crippen molar-refractivity contribution in [1.29, 1.82) is 0 Å².